The van der Waals surface area contributed by atoms with Crippen LogP contribution in [-0.2, 0) is 11.3 Å². The van der Waals surface area contributed by atoms with Crippen LogP contribution >= 0.6 is 22.9 Å². The average molecular weight is 403 g/mol. The summed E-state index contributed by atoms with van der Waals surface area (Å²) in [5.74, 6) is 0.382. The number of nitrogens with one attached hydrogen (secondary N) is 2. The molecule has 2 heterocycles. The molecule has 0 aliphatic carbocycles. The summed E-state index contributed by atoms with van der Waals surface area (Å²) in [6, 6.07) is 12.9. The Labute approximate surface area is 166 Å². The summed E-state index contributed by atoms with van der Waals surface area (Å²) in [4.78, 5) is 24.7. The highest BCUT2D eigenvalue weighted by atomic mass is 35.5. The molecule has 1 aromatic carbocycles. The van der Waals surface area contributed by atoms with Crippen LogP contribution in [0, 0.1) is 0 Å². The van der Waals surface area contributed by atoms with Gasteiger partial charge >= 0.3 is 0 Å². The number of amides is 2. The van der Waals surface area contributed by atoms with Gasteiger partial charge in [0.05, 0.1) is 17.6 Å². The summed E-state index contributed by atoms with van der Waals surface area (Å²) >= 11 is 7.57. The number of rotatable bonds is 8. The van der Waals surface area contributed by atoms with Crippen molar-refractivity contribution in [3.8, 4) is 0 Å². The number of hydrogen-bond acceptors (Lipinski definition) is 4. The molecule has 27 heavy (non-hydrogen) atoms. The SMILES string of the molecule is O=C(CCCNC(=O)c1cccs1)Nc1ccnn1Cc1ccccc1Cl. The molecule has 0 radical (unpaired) electrons. The van der Waals surface area contributed by atoms with Crippen LogP contribution in [0.1, 0.15) is 28.1 Å². The molecule has 2 amide bonds. The fourth-order valence-corrected chi connectivity index (χ4v) is 3.34. The Kier molecular flexibility index (Phi) is 6.62. The molecule has 140 valence electrons. The molecule has 6 nitrogen and oxygen atoms in total. The third-order valence-electron chi connectivity index (χ3n) is 3.87. The fourth-order valence-electron chi connectivity index (χ4n) is 2.50. The van der Waals surface area contributed by atoms with Crippen LogP contribution in [0.3, 0.4) is 0 Å². The number of aromatic nitrogens is 2. The molecular weight excluding hydrogens is 384 g/mol. The number of benzene rings is 1. The van der Waals surface area contributed by atoms with Crippen LogP contribution in [0.2, 0.25) is 5.02 Å². The molecule has 0 atom stereocenters. The molecule has 0 spiro atoms. The Bertz CT molecular complexity index is 908. The van der Waals surface area contributed by atoms with Gasteiger partial charge in [0.25, 0.3) is 5.91 Å². The lowest BCUT2D eigenvalue weighted by atomic mass is 10.2. The molecule has 0 saturated heterocycles. The summed E-state index contributed by atoms with van der Waals surface area (Å²) in [6.07, 6.45) is 2.50. The highest BCUT2D eigenvalue weighted by Crippen LogP contribution is 2.18. The predicted octanol–water partition coefficient (Wildman–Crippen LogP) is 3.80. The Morgan fingerprint density at radius 2 is 2.00 bits per heavy atom. The molecule has 3 rings (SSSR count). The maximum absolute atomic E-state index is 12.2. The first-order chi connectivity index (χ1) is 13.1. The predicted molar refractivity (Wildman–Crippen MR) is 107 cm³/mol. The minimum atomic E-state index is -0.124. The summed E-state index contributed by atoms with van der Waals surface area (Å²) in [5, 5.41) is 12.4. The summed E-state index contributed by atoms with van der Waals surface area (Å²) in [6.45, 7) is 0.919. The van der Waals surface area contributed by atoms with Crippen molar-refractivity contribution in [1.82, 2.24) is 15.1 Å². The fraction of sp³-hybridized carbons (Fsp3) is 0.211. The third-order valence-corrected chi connectivity index (χ3v) is 5.11. The maximum Gasteiger partial charge on any atom is 0.261 e. The molecule has 3 aromatic rings. The van der Waals surface area contributed by atoms with E-state index in [0.29, 0.717) is 41.6 Å². The Morgan fingerprint density at radius 3 is 2.78 bits per heavy atom. The molecule has 0 unspecified atom stereocenters. The summed E-state index contributed by atoms with van der Waals surface area (Å²) < 4.78 is 1.69. The van der Waals surface area contributed by atoms with Crippen LogP contribution in [0.4, 0.5) is 5.82 Å². The monoisotopic (exact) mass is 402 g/mol. The lowest BCUT2D eigenvalue weighted by Gasteiger charge is -2.10. The van der Waals surface area contributed by atoms with Crippen molar-refractivity contribution in [2.24, 2.45) is 0 Å². The number of carbonyl (C=O) groups excluding carboxylic acids is 2. The molecule has 0 aliphatic heterocycles. The topological polar surface area (TPSA) is 76.0 Å². The summed E-state index contributed by atoms with van der Waals surface area (Å²) in [7, 11) is 0. The lowest BCUT2D eigenvalue weighted by Crippen LogP contribution is -2.25. The van der Waals surface area contributed by atoms with Crippen molar-refractivity contribution >= 4 is 40.6 Å². The standard InChI is InChI=1S/C19H19ClN4O2S/c20-15-6-2-1-5-14(15)13-24-17(9-11-22-24)23-18(25)8-3-10-21-19(26)16-7-4-12-27-16/h1-2,4-7,9,11-12H,3,8,10,13H2,(H,21,26)(H,23,25). The van der Waals surface area contributed by atoms with E-state index >= 15 is 0 Å². The average Bonchev–Trinajstić information content (AvgIpc) is 3.33. The number of thiophene rings is 1. The van der Waals surface area contributed by atoms with Gasteiger partial charge in [-0.05, 0) is 29.5 Å². The van der Waals surface area contributed by atoms with Gasteiger partial charge in [0.1, 0.15) is 5.82 Å². The van der Waals surface area contributed by atoms with Crippen molar-refractivity contribution < 1.29 is 9.59 Å². The number of carbonyl (C=O) groups is 2. The normalized spacial score (nSPS) is 10.6. The first-order valence-corrected chi connectivity index (χ1v) is 9.76. The van der Waals surface area contributed by atoms with E-state index in [1.54, 1.807) is 23.0 Å². The van der Waals surface area contributed by atoms with Gasteiger partial charge < -0.3 is 10.6 Å². The number of nitrogens with zero attached hydrogens (tertiary/aromatic N) is 2. The van der Waals surface area contributed by atoms with Crippen LogP contribution in [0.25, 0.3) is 0 Å². The molecular formula is C19H19ClN4O2S. The van der Waals surface area contributed by atoms with Crippen molar-refractivity contribution in [1.29, 1.82) is 0 Å². The van der Waals surface area contributed by atoms with E-state index in [0.717, 1.165) is 5.56 Å². The molecule has 0 saturated carbocycles. The highest BCUT2D eigenvalue weighted by Gasteiger charge is 2.10. The Morgan fingerprint density at radius 1 is 1.15 bits per heavy atom. The largest absolute Gasteiger partial charge is 0.351 e. The zero-order valence-corrected chi connectivity index (χ0v) is 16.1. The van der Waals surface area contributed by atoms with Crippen molar-refractivity contribution in [2.75, 3.05) is 11.9 Å². The van der Waals surface area contributed by atoms with E-state index in [1.165, 1.54) is 11.3 Å². The number of anilines is 1. The van der Waals surface area contributed by atoms with Gasteiger partial charge in [-0.25, -0.2) is 4.68 Å². The van der Waals surface area contributed by atoms with Crippen molar-refractivity contribution in [3.63, 3.8) is 0 Å². The second-order valence-electron chi connectivity index (χ2n) is 5.85. The Balaban J connectivity index is 1.45. The zero-order chi connectivity index (χ0) is 19.1. The molecule has 0 aliphatic rings. The van der Waals surface area contributed by atoms with Crippen molar-refractivity contribution in [2.45, 2.75) is 19.4 Å². The first-order valence-electron chi connectivity index (χ1n) is 8.50. The minimum Gasteiger partial charge on any atom is -0.351 e. The van der Waals surface area contributed by atoms with Crippen LogP contribution in [0.15, 0.2) is 54.0 Å². The molecule has 2 aromatic heterocycles. The van der Waals surface area contributed by atoms with E-state index in [4.69, 9.17) is 11.6 Å². The number of halogens is 1. The van der Waals surface area contributed by atoms with E-state index < -0.39 is 0 Å². The van der Waals surface area contributed by atoms with Gasteiger partial charge in [-0.3, -0.25) is 9.59 Å². The van der Waals surface area contributed by atoms with Gasteiger partial charge in [0, 0.05) is 24.1 Å². The lowest BCUT2D eigenvalue weighted by molar-refractivity contribution is -0.116. The Hall–Kier alpha value is -2.64. The van der Waals surface area contributed by atoms with Gasteiger partial charge in [0.15, 0.2) is 0 Å². The molecule has 0 fully saturated rings. The van der Waals surface area contributed by atoms with E-state index in [-0.39, 0.29) is 11.8 Å². The van der Waals surface area contributed by atoms with Gasteiger partial charge in [0.2, 0.25) is 5.91 Å². The van der Waals surface area contributed by atoms with Gasteiger partial charge in [-0.15, -0.1) is 11.3 Å². The minimum absolute atomic E-state index is 0.108. The van der Waals surface area contributed by atoms with E-state index in [1.807, 2.05) is 35.7 Å². The molecule has 0 bridgehead atoms. The third kappa shape index (κ3) is 5.42. The quantitative estimate of drug-likeness (QED) is 0.563. The second-order valence-corrected chi connectivity index (χ2v) is 7.21. The first kappa shape index (κ1) is 19.1. The second kappa shape index (κ2) is 9.34. The highest BCUT2D eigenvalue weighted by molar-refractivity contribution is 7.12. The van der Waals surface area contributed by atoms with Crippen LogP contribution < -0.4 is 10.6 Å². The summed E-state index contributed by atoms with van der Waals surface area (Å²) in [5.41, 5.74) is 0.926. The smallest absolute Gasteiger partial charge is 0.261 e. The molecule has 2 N–H and O–H groups in total. The zero-order valence-electron chi connectivity index (χ0n) is 14.5. The van der Waals surface area contributed by atoms with Gasteiger partial charge in [-0.2, -0.15) is 5.10 Å². The van der Waals surface area contributed by atoms with Crippen LogP contribution in [-0.4, -0.2) is 28.1 Å². The van der Waals surface area contributed by atoms with Crippen LogP contribution in [0.5, 0.6) is 0 Å². The van der Waals surface area contributed by atoms with Gasteiger partial charge in [-0.1, -0.05) is 35.9 Å². The maximum atomic E-state index is 12.2. The van der Waals surface area contributed by atoms with Crippen molar-refractivity contribution in [3.05, 3.63) is 69.5 Å². The number of hydrogen-bond donors (Lipinski definition) is 2. The molecule has 8 heteroatoms. The van der Waals surface area contributed by atoms with E-state index in [9.17, 15) is 9.59 Å². The van der Waals surface area contributed by atoms with E-state index in [2.05, 4.69) is 15.7 Å².